The third-order valence-electron chi connectivity index (χ3n) is 6.70. The third kappa shape index (κ3) is 4.38. The van der Waals surface area contributed by atoms with E-state index in [0.29, 0.717) is 17.3 Å². The van der Waals surface area contributed by atoms with E-state index in [1.54, 1.807) is 30.0 Å². The molecule has 0 radical (unpaired) electrons. The molecule has 3 aromatic heterocycles. The van der Waals surface area contributed by atoms with Gasteiger partial charge in [0, 0.05) is 49.2 Å². The van der Waals surface area contributed by atoms with Crippen LogP contribution in [0.25, 0.3) is 28.2 Å². The number of benzene rings is 2. The Kier molecular flexibility index (Phi) is 5.76. The molecule has 0 aliphatic carbocycles. The van der Waals surface area contributed by atoms with Crippen molar-refractivity contribution >= 4 is 16.9 Å². The number of fused-ring (bicyclic) bond motifs is 1. The first-order valence-corrected chi connectivity index (χ1v) is 12.2. The molecule has 184 valence electrons. The largest absolute Gasteiger partial charge is 0.457 e. The summed E-state index contributed by atoms with van der Waals surface area (Å²) in [6, 6.07) is 22.0. The van der Waals surface area contributed by atoms with E-state index >= 15 is 0 Å². The molecule has 8 heteroatoms. The highest BCUT2D eigenvalue weighted by Gasteiger charge is 2.31. The fraction of sp³-hybridized carbons (Fsp3) is 0.172. The van der Waals surface area contributed by atoms with Gasteiger partial charge in [-0.05, 0) is 61.4 Å². The van der Waals surface area contributed by atoms with E-state index in [4.69, 9.17) is 9.72 Å². The Bertz CT molecular complexity index is 1640. The first kappa shape index (κ1) is 22.7. The van der Waals surface area contributed by atoms with E-state index in [1.807, 2.05) is 65.6 Å². The second-order valence-electron chi connectivity index (χ2n) is 9.08. The molecule has 1 unspecified atom stereocenters. The highest BCUT2D eigenvalue weighted by Crippen LogP contribution is 2.41. The van der Waals surface area contributed by atoms with Gasteiger partial charge < -0.3 is 14.6 Å². The molecule has 2 aromatic carbocycles. The molecule has 8 nitrogen and oxygen atoms in total. The first-order chi connectivity index (χ1) is 18.1. The van der Waals surface area contributed by atoms with Crippen LogP contribution in [0.5, 0.6) is 11.5 Å². The molecule has 6 rings (SSSR count). The van der Waals surface area contributed by atoms with Crippen molar-refractivity contribution in [2.45, 2.75) is 25.8 Å². The first-order valence-electron chi connectivity index (χ1n) is 12.2. The molecule has 1 atom stereocenters. The van der Waals surface area contributed by atoms with Gasteiger partial charge in [-0.1, -0.05) is 12.1 Å². The van der Waals surface area contributed by atoms with Crippen LogP contribution < -0.4 is 10.3 Å². The number of aromatic nitrogens is 4. The number of H-pyrrole nitrogens is 1. The lowest BCUT2D eigenvalue weighted by atomic mass is 10.0. The summed E-state index contributed by atoms with van der Waals surface area (Å²) < 4.78 is 7.98. The maximum atomic E-state index is 12.4. The lowest BCUT2D eigenvalue weighted by Crippen LogP contribution is -2.28. The Morgan fingerprint density at radius 2 is 1.89 bits per heavy atom. The Hall–Kier alpha value is -4.72. The topological polar surface area (TPSA) is 93.1 Å². The van der Waals surface area contributed by atoms with E-state index in [2.05, 4.69) is 9.97 Å². The number of hydrogen-bond acceptors (Lipinski definition) is 5. The van der Waals surface area contributed by atoms with Gasteiger partial charge in [0.2, 0.25) is 5.91 Å². The standard InChI is InChI=1S/C29H25N5O3/c1-19(35)33-16-6-8-26(33)22-17-24-25(32-29(31-24)23-7-2-4-14-30-23)18-27(22)37-21-12-10-20(11-13-21)34-15-5-3-9-28(34)36/h2-5,7,9-15,17-18,26H,6,8,16H2,1H3,(H,31,32). The highest BCUT2D eigenvalue weighted by atomic mass is 16.5. The molecule has 4 heterocycles. The van der Waals surface area contributed by atoms with Crippen LogP contribution in [0, 0.1) is 0 Å². The molecule has 0 saturated carbocycles. The van der Waals surface area contributed by atoms with Gasteiger partial charge in [-0.25, -0.2) is 4.98 Å². The van der Waals surface area contributed by atoms with Crippen LogP contribution >= 0.6 is 0 Å². The summed E-state index contributed by atoms with van der Waals surface area (Å²) >= 11 is 0. The normalized spacial score (nSPS) is 15.3. The number of ether oxygens (including phenoxy) is 1. The van der Waals surface area contributed by atoms with Crippen molar-refractivity contribution < 1.29 is 9.53 Å². The molecule has 1 aliphatic rings. The molecule has 0 bridgehead atoms. The predicted molar refractivity (Wildman–Crippen MR) is 141 cm³/mol. The number of carbonyl (C=O) groups is 1. The highest BCUT2D eigenvalue weighted by molar-refractivity contribution is 5.82. The Labute approximate surface area is 213 Å². The Morgan fingerprint density at radius 3 is 2.65 bits per heavy atom. The van der Waals surface area contributed by atoms with Gasteiger partial charge >= 0.3 is 0 Å². The summed E-state index contributed by atoms with van der Waals surface area (Å²) in [6.07, 6.45) is 5.26. The van der Waals surface area contributed by atoms with Crippen molar-refractivity contribution in [3.8, 4) is 28.7 Å². The zero-order chi connectivity index (χ0) is 25.4. The van der Waals surface area contributed by atoms with Crippen molar-refractivity contribution in [2.75, 3.05) is 6.54 Å². The number of imidazole rings is 1. The minimum atomic E-state index is -0.100. The van der Waals surface area contributed by atoms with Crippen LogP contribution in [-0.2, 0) is 4.79 Å². The molecular formula is C29H25N5O3. The monoisotopic (exact) mass is 491 g/mol. The number of nitrogens with zero attached hydrogens (tertiary/aromatic N) is 4. The molecule has 1 fully saturated rings. The summed E-state index contributed by atoms with van der Waals surface area (Å²) in [5, 5.41) is 0. The minimum absolute atomic E-state index is 0.0463. The molecule has 1 amide bonds. The van der Waals surface area contributed by atoms with Crippen LogP contribution in [-0.4, -0.2) is 36.9 Å². The summed E-state index contributed by atoms with van der Waals surface area (Å²) in [6.45, 7) is 2.33. The van der Waals surface area contributed by atoms with Crippen LogP contribution in [0.1, 0.15) is 31.4 Å². The van der Waals surface area contributed by atoms with Crippen molar-refractivity contribution in [2.24, 2.45) is 0 Å². The second kappa shape index (κ2) is 9.39. The summed E-state index contributed by atoms with van der Waals surface area (Å²) in [7, 11) is 0. The van der Waals surface area contributed by atoms with E-state index in [-0.39, 0.29) is 17.5 Å². The summed E-state index contributed by atoms with van der Waals surface area (Å²) in [5.41, 5.74) is 3.94. The summed E-state index contributed by atoms with van der Waals surface area (Å²) in [5.74, 6) is 1.99. The van der Waals surface area contributed by atoms with E-state index in [1.165, 1.54) is 6.07 Å². The maximum Gasteiger partial charge on any atom is 0.255 e. The van der Waals surface area contributed by atoms with E-state index in [0.717, 1.165) is 47.4 Å². The van der Waals surface area contributed by atoms with Gasteiger partial charge in [-0.3, -0.25) is 19.1 Å². The fourth-order valence-electron chi connectivity index (χ4n) is 4.94. The molecular weight excluding hydrogens is 466 g/mol. The van der Waals surface area contributed by atoms with Gasteiger partial charge in [0.05, 0.1) is 17.1 Å². The van der Waals surface area contributed by atoms with Crippen LogP contribution in [0.4, 0.5) is 0 Å². The number of hydrogen-bond donors (Lipinski definition) is 1. The van der Waals surface area contributed by atoms with Crippen LogP contribution in [0.2, 0.25) is 0 Å². The van der Waals surface area contributed by atoms with Gasteiger partial charge in [0.1, 0.15) is 17.2 Å². The lowest BCUT2D eigenvalue weighted by Gasteiger charge is -2.25. The number of likely N-dealkylation sites (tertiary alicyclic amines) is 1. The molecule has 5 aromatic rings. The number of nitrogens with one attached hydrogen (secondary N) is 1. The van der Waals surface area contributed by atoms with Crippen LogP contribution in [0.3, 0.4) is 0 Å². The average Bonchev–Trinajstić information content (AvgIpc) is 3.57. The second-order valence-corrected chi connectivity index (χ2v) is 9.08. The molecule has 1 N–H and O–H groups in total. The van der Waals surface area contributed by atoms with Gasteiger partial charge in [-0.15, -0.1) is 0 Å². The van der Waals surface area contributed by atoms with Gasteiger partial charge in [-0.2, -0.15) is 0 Å². The third-order valence-corrected chi connectivity index (χ3v) is 6.70. The number of carbonyl (C=O) groups excluding carboxylic acids is 1. The molecule has 0 spiro atoms. The summed E-state index contributed by atoms with van der Waals surface area (Å²) in [4.78, 5) is 39.0. The van der Waals surface area contributed by atoms with Crippen molar-refractivity contribution in [3.05, 3.63) is 101 Å². The quantitative estimate of drug-likeness (QED) is 0.362. The number of amides is 1. The smallest absolute Gasteiger partial charge is 0.255 e. The average molecular weight is 492 g/mol. The minimum Gasteiger partial charge on any atom is -0.457 e. The number of rotatable bonds is 5. The molecule has 37 heavy (non-hydrogen) atoms. The molecule has 1 saturated heterocycles. The van der Waals surface area contributed by atoms with Crippen LogP contribution in [0.15, 0.2) is 90.0 Å². The lowest BCUT2D eigenvalue weighted by molar-refractivity contribution is -0.129. The Morgan fingerprint density at radius 1 is 1.05 bits per heavy atom. The zero-order valence-electron chi connectivity index (χ0n) is 20.3. The zero-order valence-corrected chi connectivity index (χ0v) is 20.3. The maximum absolute atomic E-state index is 12.4. The van der Waals surface area contributed by atoms with Crippen molar-refractivity contribution in [1.29, 1.82) is 0 Å². The molecule has 1 aliphatic heterocycles. The van der Waals surface area contributed by atoms with Crippen molar-refractivity contribution in [1.82, 2.24) is 24.4 Å². The van der Waals surface area contributed by atoms with E-state index < -0.39 is 0 Å². The van der Waals surface area contributed by atoms with Gasteiger partial charge in [0.25, 0.3) is 5.56 Å². The number of pyridine rings is 2. The predicted octanol–water partition coefficient (Wildman–Crippen LogP) is 5.25. The SMILES string of the molecule is CC(=O)N1CCCC1c1cc2[nH]c(-c3ccccn3)nc2cc1Oc1ccc(-n2ccccc2=O)cc1. The van der Waals surface area contributed by atoms with Crippen molar-refractivity contribution in [3.63, 3.8) is 0 Å². The van der Waals surface area contributed by atoms with E-state index in [9.17, 15) is 9.59 Å². The Balaban J connectivity index is 1.40. The fourth-order valence-corrected chi connectivity index (χ4v) is 4.94. The van der Waals surface area contributed by atoms with Gasteiger partial charge in [0.15, 0.2) is 5.82 Å². The number of aromatic amines is 1.